The van der Waals surface area contributed by atoms with Gasteiger partial charge in [-0.3, -0.25) is 14.4 Å². The first-order valence-corrected chi connectivity index (χ1v) is 17.1. The molecule has 0 bridgehead atoms. The smallest absolute Gasteiger partial charge is 0.269 e. The predicted octanol–water partition coefficient (Wildman–Crippen LogP) is 5.03. The third kappa shape index (κ3) is 7.24. The number of aryl methyl sites for hydroxylation is 3. The molecule has 8 nitrogen and oxygen atoms in total. The summed E-state index contributed by atoms with van der Waals surface area (Å²) in [5.74, 6) is -0.828. The van der Waals surface area contributed by atoms with E-state index >= 15 is 0 Å². The zero-order valence-electron chi connectivity index (χ0n) is 27.5. The highest BCUT2D eigenvalue weighted by Gasteiger charge is 2.58. The number of rotatable bonds is 10. The van der Waals surface area contributed by atoms with E-state index in [4.69, 9.17) is 9.73 Å². The van der Waals surface area contributed by atoms with Gasteiger partial charge in [0.15, 0.2) is 0 Å². The van der Waals surface area contributed by atoms with Gasteiger partial charge in [0.1, 0.15) is 18.3 Å². The maximum Gasteiger partial charge on any atom is 0.269 e. The van der Waals surface area contributed by atoms with Gasteiger partial charge in [0.05, 0.1) is 18.4 Å². The summed E-state index contributed by atoms with van der Waals surface area (Å²) < 4.78 is 6.42. The highest BCUT2D eigenvalue weighted by Crippen LogP contribution is 2.49. The number of hydrogen-bond acceptors (Lipinski definition) is 5. The van der Waals surface area contributed by atoms with E-state index < -0.39 is 29.8 Å². The minimum absolute atomic E-state index is 0.259. The van der Waals surface area contributed by atoms with Crippen LogP contribution < -0.4 is 10.6 Å². The van der Waals surface area contributed by atoms with E-state index in [2.05, 4.69) is 41.0 Å². The summed E-state index contributed by atoms with van der Waals surface area (Å²) in [7, 11) is 1.71. The number of fused-ring (bicyclic) bond motifs is 2. The van der Waals surface area contributed by atoms with Crippen LogP contribution in [-0.2, 0) is 38.4 Å². The molecule has 2 saturated heterocycles. The molecule has 8 heteroatoms. The molecule has 3 aromatic carbocycles. The third-order valence-electron chi connectivity index (χ3n) is 10.3. The van der Waals surface area contributed by atoms with Gasteiger partial charge < -0.3 is 20.3 Å². The molecule has 2 N–H and O–H groups in total. The molecule has 2 fully saturated rings. The van der Waals surface area contributed by atoms with E-state index in [-0.39, 0.29) is 17.7 Å². The van der Waals surface area contributed by atoms with Crippen LogP contribution in [0, 0.1) is 5.41 Å². The van der Waals surface area contributed by atoms with E-state index in [1.807, 2.05) is 54.6 Å². The molecule has 47 heavy (non-hydrogen) atoms. The molecule has 0 aromatic heterocycles. The van der Waals surface area contributed by atoms with Crippen LogP contribution in [0.2, 0.25) is 0 Å². The molecule has 3 unspecified atom stereocenters. The molecule has 4 atom stereocenters. The van der Waals surface area contributed by atoms with Gasteiger partial charge in [0.25, 0.3) is 5.91 Å². The fourth-order valence-electron chi connectivity index (χ4n) is 7.58. The second-order valence-electron chi connectivity index (χ2n) is 13.3. The van der Waals surface area contributed by atoms with Crippen LogP contribution in [0.15, 0.2) is 89.9 Å². The van der Waals surface area contributed by atoms with Crippen molar-refractivity contribution in [1.29, 1.82) is 0 Å². The monoisotopic (exact) mass is 634 g/mol. The summed E-state index contributed by atoms with van der Waals surface area (Å²) in [6.07, 6.45) is 5.79. The van der Waals surface area contributed by atoms with Crippen molar-refractivity contribution in [2.24, 2.45) is 10.4 Å². The van der Waals surface area contributed by atoms with E-state index in [0.717, 1.165) is 37.0 Å². The quantitative estimate of drug-likeness (QED) is 0.326. The molecule has 3 aliphatic rings. The van der Waals surface area contributed by atoms with Crippen LogP contribution in [-0.4, -0.2) is 66.3 Å². The van der Waals surface area contributed by atoms with Crippen molar-refractivity contribution >= 4 is 23.4 Å². The normalized spacial score (nSPS) is 23.4. The van der Waals surface area contributed by atoms with Crippen molar-refractivity contribution in [3.05, 3.63) is 107 Å². The van der Waals surface area contributed by atoms with Crippen molar-refractivity contribution < 1.29 is 19.1 Å². The van der Waals surface area contributed by atoms with Crippen molar-refractivity contribution in [1.82, 2.24) is 15.5 Å². The van der Waals surface area contributed by atoms with Crippen molar-refractivity contribution in [3.63, 3.8) is 0 Å². The van der Waals surface area contributed by atoms with Crippen molar-refractivity contribution in [2.75, 3.05) is 13.7 Å². The van der Waals surface area contributed by atoms with Crippen LogP contribution in [0.25, 0.3) is 0 Å². The van der Waals surface area contributed by atoms with Crippen LogP contribution in [0.1, 0.15) is 67.7 Å². The molecule has 246 valence electrons. The SMILES string of the molecule is CN[C@@H](C)C(=O)NC1CCOC2CC(CCc3ccccc3)(CCc3ccccc3)C(C(=O)N=C3CCCc4ccccc43)N2C1=O. The van der Waals surface area contributed by atoms with Gasteiger partial charge in [-0.2, -0.15) is 0 Å². The maximum atomic E-state index is 14.8. The van der Waals surface area contributed by atoms with Gasteiger partial charge in [0.2, 0.25) is 11.8 Å². The van der Waals surface area contributed by atoms with Crippen molar-refractivity contribution in [2.45, 2.75) is 89.1 Å². The van der Waals surface area contributed by atoms with Crippen LogP contribution in [0.4, 0.5) is 0 Å². The number of hydrogen-bond donors (Lipinski definition) is 2. The molecule has 2 heterocycles. The van der Waals surface area contributed by atoms with Crippen LogP contribution in [0.5, 0.6) is 0 Å². The average Bonchev–Trinajstić information content (AvgIpc) is 3.36. The number of amides is 3. The first kappa shape index (κ1) is 32.8. The Bertz CT molecular complexity index is 1550. The summed E-state index contributed by atoms with van der Waals surface area (Å²) in [5, 5.41) is 5.90. The highest BCUT2D eigenvalue weighted by atomic mass is 16.5. The topological polar surface area (TPSA) is 100 Å². The lowest BCUT2D eigenvalue weighted by molar-refractivity contribution is -0.149. The number of ether oxygens (including phenoxy) is 1. The number of aliphatic imine (C=N–C) groups is 1. The molecule has 0 spiro atoms. The molecule has 6 rings (SSSR count). The zero-order valence-corrected chi connectivity index (χ0v) is 27.5. The molecule has 3 aromatic rings. The predicted molar refractivity (Wildman–Crippen MR) is 183 cm³/mol. The Labute approximate surface area is 278 Å². The van der Waals surface area contributed by atoms with E-state index in [1.165, 1.54) is 16.7 Å². The van der Waals surface area contributed by atoms with Crippen molar-refractivity contribution in [3.8, 4) is 0 Å². The fraction of sp³-hybridized carbons (Fsp3) is 0.436. The minimum Gasteiger partial charge on any atom is -0.358 e. The standard InChI is InChI=1S/C39H46N4O4/c1-27(40-2)36(44)42-33-22-25-47-34-26-39(23-20-28-12-5-3-6-13-28,24-21-29-14-7-4-8-15-29)35(43(34)38(33)46)37(45)41-32-19-11-17-30-16-9-10-18-31(30)32/h3-10,12-16,18,27,33-35,40H,11,17,19-26H2,1-2H3,(H,42,44)/t27-,33?,34?,35?/m0/s1. The average molecular weight is 635 g/mol. The molecule has 0 saturated carbocycles. The molecular formula is C39H46N4O4. The second kappa shape index (κ2) is 14.7. The number of carbonyl (C=O) groups is 3. The Balaban J connectivity index is 1.41. The van der Waals surface area contributed by atoms with Crippen LogP contribution in [0.3, 0.4) is 0 Å². The van der Waals surface area contributed by atoms with Gasteiger partial charge >= 0.3 is 0 Å². The zero-order chi connectivity index (χ0) is 32.8. The maximum absolute atomic E-state index is 14.8. The number of nitrogens with zero attached hydrogens (tertiary/aromatic N) is 2. The van der Waals surface area contributed by atoms with Crippen LogP contribution >= 0.6 is 0 Å². The number of likely N-dealkylation sites (N-methyl/N-ethyl adjacent to an activating group) is 1. The lowest BCUT2D eigenvalue weighted by Gasteiger charge is -2.37. The van der Waals surface area contributed by atoms with E-state index in [1.54, 1.807) is 18.9 Å². The Hall–Kier alpha value is -4.14. The first-order chi connectivity index (χ1) is 22.9. The Morgan fingerprint density at radius 1 is 0.936 bits per heavy atom. The molecule has 0 radical (unpaired) electrons. The molecule has 3 amide bonds. The Kier molecular flexibility index (Phi) is 10.3. The Morgan fingerprint density at radius 2 is 1.57 bits per heavy atom. The summed E-state index contributed by atoms with van der Waals surface area (Å²) in [5.41, 5.74) is 4.79. The largest absolute Gasteiger partial charge is 0.358 e. The lowest BCUT2D eigenvalue weighted by atomic mass is 9.71. The number of benzene rings is 3. The van der Waals surface area contributed by atoms with Gasteiger partial charge in [-0.25, -0.2) is 4.99 Å². The number of carbonyl (C=O) groups excluding carboxylic acids is 3. The fourth-order valence-corrected chi connectivity index (χ4v) is 7.58. The second-order valence-corrected chi connectivity index (χ2v) is 13.3. The molecular weight excluding hydrogens is 588 g/mol. The summed E-state index contributed by atoms with van der Waals surface area (Å²) in [4.78, 5) is 48.9. The number of nitrogens with one attached hydrogen (secondary N) is 2. The van der Waals surface area contributed by atoms with Gasteiger partial charge in [-0.15, -0.1) is 0 Å². The first-order valence-electron chi connectivity index (χ1n) is 17.1. The minimum atomic E-state index is -0.826. The third-order valence-corrected chi connectivity index (χ3v) is 10.3. The highest BCUT2D eigenvalue weighted by molar-refractivity contribution is 6.09. The van der Waals surface area contributed by atoms with Gasteiger partial charge in [0, 0.05) is 18.3 Å². The molecule has 2 aliphatic heterocycles. The van der Waals surface area contributed by atoms with Gasteiger partial charge in [-0.1, -0.05) is 84.9 Å². The van der Waals surface area contributed by atoms with E-state index in [0.29, 0.717) is 38.7 Å². The lowest BCUT2D eigenvalue weighted by Crippen LogP contribution is -2.57. The summed E-state index contributed by atoms with van der Waals surface area (Å²) in [6.45, 7) is 2.07. The van der Waals surface area contributed by atoms with Gasteiger partial charge in [-0.05, 0) is 81.2 Å². The van der Waals surface area contributed by atoms with E-state index in [9.17, 15) is 14.4 Å². The summed E-state index contributed by atoms with van der Waals surface area (Å²) in [6, 6.07) is 26.7. The summed E-state index contributed by atoms with van der Waals surface area (Å²) >= 11 is 0. The molecule has 1 aliphatic carbocycles. The Morgan fingerprint density at radius 3 is 2.23 bits per heavy atom.